The van der Waals surface area contributed by atoms with Crippen molar-refractivity contribution in [2.45, 2.75) is 59.1 Å². The zero-order valence-corrected chi connectivity index (χ0v) is 22.5. The van der Waals surface area contributed by atoms with Gasteiger partial charge in [0, 0.05) is 57.5 Å². The van der Waals surface area contributed by atoms with Crippen molar-refractivity contribution in [3.05, 3.63) is 59.2 Å². The van der Waals surface area contributed by atoms with E-state index in [0.29, 0.717) is 19.8 Å². The van der Waals surface area contributed by atoms with E-state index in [4.69, 9.17) is 9.47 Å². The van der Waals surface area contributed by atoms with Crippen LogP contribution in [0.1, 0.15) is 49.8 Å². The minimum atomic E-state index is -0.206. The van der Waals surface area contributed by atoms with Crippen molar-refractivity contribution in [3.8, 4) is 5.75 Å². The maximum atomic E-state index is 12.5. The van der Waals surface area contributed by atoms with Gasteiger partial charge >= 0.3 is 0 Å². The first-order chi connectivity index (χ1) is 17.3. The Balaban J connectivity index is 1.16. The monoisotopic (exact) mass is 493 g/mol. The van der Waals surface area contributed by atoms with Gasteiger partial charge in [-0.1, -0.05) is 24.3 Å². The third-order valence-electron chi connectivity index (χ3n) is 7.55. The van der Waals surface area contributed by atoms with Gasteiger partial charge in [-0.25, -0.2) is 0 Å². The number of piperazine rings is 1. The molecule has 6 heteroatoms. The second-order valence-corrected chi connectivity index (χ2v) is 10.9. The molecule has 0 bridgehead atoms. The zero-order valence-electron chi connectivity index (χ0n) is 22.5. The van der Waals surface area contributed by atoms with Crippen LogP contribution < -0.4 is 15.0 Å². The number of nitrogens with zero attached hydrogens (tertiary/aromatic N) is 2. The third-order valence-corrected chi connectivity index (χ3v) is 7.55. The van der Waals surface area contributed by atoms with Gasteiger partial charge in [0.1, 0.15) is 5.75 Å². The molecule has 0 spiro atoms. The van der Waals surface area contributed by atoms with Gasteiger partial charge in [-0.2, -0.15) is 0 Å². The largest absolute Gasteiger partial charge is 0.494 e. The van der Waals surface area contributed by atoms with E-state index < -0.39 is 0 Å². The van der Waals surface area contributed by atoms with Gasteiger partial charge in [0.05, 0.1) is 12.2 Å². The van der Waals surface area contributed by atoms with Crippen LogP contribution >= 0.6 is 0 Å². The highest BCUT2D eigenvalue weighted by atomic mass is 16.5. The number of aryl methyl sites for hydroxylation is 1. The summed E-state index contributed by atoms with van der Waals surface area (Å²) in [5.41, 5.74) is 5.20. The van der Waals surface area contributed by atoms with Crippen LogP contribution in [0.3, 0.4) is 0 Å². The Morgan fingerprint density at radius 2 is 1.89 bits per heavy atom. The molecule has 1 N–H and O–H groups in total. The van der Waals surface area contributed by atoms with E-state index in [2.05, 4.69) is 79.2 Å². The van der Waals surface area contributed by atoms with E-state index in [1.54, 1.807) is 0 Å². The lowest BCUT2D eigenvalue weighted by molar-refractivity contribution is -0.135. The van der Waals surface area contributed by atoms with Crippen molar-refractivity contribution < 1.29 is 14.3 Å². The van der Waals surface area contributed by atoms with E-state index >= 15 is 0 Å². The summed E-state index contributed by atoms with van der Waals surface area (Å²) in [7, 11) is 0. The van der Waals surface area contributed by atoms with Gasteiger partial charge in [-0.3, -0.25) is 9.69 Å². The molecule has 0 aromatic heterocycles. The number of anilines is 1. The van der Waals surface area contributed by atoms with Crippen LogP contribution in [-0.2, 0) is 16.1 Å². The SMILES string of the molecule is Cc1cccc(N2CCN(Cc3cccc(OCCCNC(=O)C4CCOC(C)(C)C4)c3)CC2)c1C. The topological polar surface area (TPSA) is 54.0 Å². The number of ether oxygens (including phenoxy) is 2. The summed E-state index contributed by atoms with van der Waals surface area (Å²) in [6.07, 6.45) is 2.38. The third kappa shape index (κ3) is 7.23. The first kappa shape index (κ1) is 26.5. The predicted octanol–water partition coefficient (Wildman–Crippen LogP) is 4.72. The fourth-order valence-electron chi connectivity index (χ4n) is 5.29. The van der Waals surface area contributed by atoms with E-state index in [9.17, 15) is 4.79 Å². The summed E-state index contributed by atoms with van der Waals surface area (Å²) < 4.78 is 11.7. The van der Waals surface area contributed by atoms with Crippen molar-refractivity contribution in [1.82, 2.24) is 10.2 Å². The number of amides is 1. The molecular weight excluding hydrogens is 450 g/mol. The first-order valence-electron chi connectivity index (χ1n) is 13.5. The maximum Gasteiger partial charge on any atom is 0.223 e. The number of carbonyl (C=O) groups is 1. The van der Waals surface area contributed by atoms with Crippen LogP contribution in [0.15, 0.2) is 42.5 Å². The molecule has 2 aromatic carbocycles. The minimum Gasteiger partial charge on any atom is -0.494 e. The molecule has 2 aliphatic rings. The van der Waals surface area contributed by atoms with Crippen molar-refractivity contribution in [2.24, 2.45) is 5.92 Å². The van der Waals surface area contributed by atoms with Gasteiger partial charge < -0.3 is 19.7 Å². The molecule has 2 heterocycles. The average molecular weight is 494 g/mol. The van der Waals surface area contributed by atoms with Gasteiger partial charge in [0.15, 0.2) is 0 Å². The Hall–Kier alpha value is -2.57. The van der Waals surface area contributed by atoms with Crippen LogP contribution in [0, 0.1) is 19.8 Å². The molecule has 0 aliphatic carbocycles. The highest BCUT2D eigenvalue weighted by Gasteiger charge is 2.32. The number of carbonyl (C=O) groups excluding carboxylic acids is 1. The number of benzene rings is 2. The van der Waals surface area contributed by atoms with Crippen LogP contribution in [0.25, 0.3) is 0 Å². The summed E-state index contributed by atoms with van der Waals surface area (Å²) in [6, 6.07) is 15.0. The summed E-state index contributed by atoms with van der Waals surface area (Å²) in [4.78, 5) is 17.5. The van der Waals surface area contributed by atoms with Gasteiger partial charge in [0.25, 0.3) is 0 Å². The summed E-state index contributed by atoms with van der Waals surface area (Å²) in [5.74, 6) is 1.10. The van der Waals surface area contributed by atoms with Gasteiger partial charge in [-0.05, 0) is 81.8 Å². The molecule has 1 amide bonds. The highest BCUT2D eigenvalue weighted by molar-refractivity contribution is 5.78. The maximum absolute atomic E-state index is 12.5. The first-order valence-corrected chi connectivity index (χ1v) is 13.5. The Morgan fingerprint density at radius 3 is 2.67 bits per heavy atom. The van der Waals surface area contributed by atoms with Crippen LogP contribution in [0.5, 0.6) is 5.75 Å². The second kappa shape index (κ2) is 12.1. The Kier molecular flexibility index (Phi) is 8.91. The Bertz CT molecular complexity index is 1010. The van der Waals surface area contributed by atoms with Crippen LogP contribution in [0.4, 0.5) is 5.69 Å². The zero-order chi connectivity index (χ0) is 25.5. The van der Waals surface area contributed by atoms with Gasteiger partial charge in [-0.15, -0.1) is 0 Å². The van der Waals surface area contributed by atoms with Crippen molar-refractivity contribution >= 4 is 11.6 Å². The number of nitrogens with one attached hydrogen (secondary N) is 1. The Labute approximate surface area is 217 Å². The lowest BCUT2D eigenvalue weighted by Gasteiger charge is -2.37. The molecule has 4 rings (SSSR count). The van der Waals surface area contributed by atoms with Crippen molar-refractivity contribution in [3.63, 3.8) is 0 Å². The molecule has 0 radical (unpaired) electrons. The molecule has 6 nitrogen and oxygen atoms in total. The summed E-state index contributed by atoms with van der Waals surface area (Å²) in [5, 5.41) is 3.08. The van der Waals surface area contributed by atoms with E-state index in [1.807, 2.05) is 6.07 Å². The summed E-state index contributed by atoms with van der Waals surface area (Å²) >= 11 is 0. The molecule has 196 valence electrons. The Morgan fingerprint density at radius 1 is 1.11 bits per heavy atom. The van der Waals surface area contributed by atoms with Crippen LogP contribution in [-0.4, -0.2) is 62.3 Å². The number of hydrogen-bond donors (Lipinski definition) is 1. The second-order valence-electron chi connectivity index (χ2n) is 10.9. The highest BCUT2D eigenvalue weighted by Crippen LogP contribution is 2.28. The molecule has 0 saturated carbocycles. The molecule has 2 fully saturated rings. The lowest BCUT2D eigenvalue weighted by atomic mass is 9.88. The normalized spacial score (nSPS) is 20.2. The average Bonchev–Trinajstić information content (AvgIpc) is 2.86. The fraction of sp³-hybridized carbons (Fsp3) is 0.567. The predicted molar refractivity (Wildman–Crippen MR) is 146 cm³/mol. The van der Waals surface area contributed by atoms with E-state index in [-0.39, 0.29) is 17.4 Å². The standard InChI is InChI=1S/C30H43N3O3/c1-23-8-5-11-28(24(23)2)33-16-14-32(15-17-33)22-25-9-6-10-27(20-25)35-18-7-13-31-29(34)26-12-19-36-30(3,4)21-26/h5-6,8-11,20,26H,7,12-19,21-22H2,1-4H3,(H,31,34). The van der Waals surface area contributed by atoms with Crippen molar-refractivity contribution in [2.75, 3.05) is 50.8 Å². The lowest BCUT2D eigenvalue weighted by Crippen LogP contribution is -2.46. The van der Waals surface area contributed by atoms with E-state index in [0.717, 1.165) is 57.7 Å². The molecule has 2 aromatic rings. The molecule has 1 atom stereocenters. The molecule has 36 heavy (non-hydrogen) atoms. The minimum absolute atomic E-state index is 0.0500. The quantitative estimate of drug-likeness (QED) is 0.513. The smallest absolute Gasteiger partial charge is 0.223 e. The molecule has 2 saturated heterocycles. The molecular formula is C30H43N3O3. The molecule has 1 unspecified atom stereocenters. The number of rotatable bonds is 9. The fourth-order valence-corrected chi connectivity index (χ4v) is 5.29. The molecule has 2 aliphatic heterocycles. The van der Waals surface area contributed by atoms with Gasteiger partial charge in [0.2, 0.25) is 5.91 Å². The summed E-state index contributed by atoms with van der Waals surface area (Å²) in [6.45, 7) is 15.6. The van der Waals surface area contributed by atoms with E-state index in [1.165, 1.54) is 22.4 Å². The number of hydrogen-bond acceptors (Lipinski definition) is 5. The van der Waals surface area contributed by atoms with Crippen molar-refractivity contribution in [1.29, 1.82) is 0 Å². The van der Waals surface area contributed by atoms with Crippen LogP contribution in [0.2, 0.25) is 0 Å².